The number of likely N-dealkylation sites (N-methyl/N-ethyl adjacent to an activating group) is 1. The second kappa shape index (κ2) is 8.27. The fourth-order valence-electron chi connectivity index (χ4n) is 2.80. The summed E-state index contributed by atoms with van der Waals surface area (Å²) in [5.41, 5.74) is 2.21. The molecule has 0 amide bonds. The zero-order chi connectivity index (χ0) is 17.7. The van der Waals surface area contributed by atoms with Crippen molar-refractivity contribution in [3.63, 3.8) is 0 Å². The standard InChI is InChI=1S/C17H27N3O2S2/c1-4-14-5-7-15(8-6-14)18-17(23)20(11-10-19(2)3)16-9-12-24(21,22)13-16/h5-8,16H,4,9-13H2,1-3H3,(H,18,23)/t16-/m0/s1. The van der Waals surface area contributed by atoms with Crippen LogP contribution in [0.5, 0.6) is 0 Å². The van der Waals surface area contributed by atoms with Gasteiger partial charge >= 0.3 is 0 Å². The minimum Gasteiger partial charge on any atom is -0.344 e. The fourth-order valence-corrected chi connectivity index (χ4v) is 4.89. The third-order valence-electron chi connectivity index (χ3n) is 4.31. The predicted molar refractivity (Wildman–Crippen MR) is 104 cm³/mol. The lowest BCUT2D eigenvalue weighted by molar-refractivity contribution is 0.289. The van der Waals surface area contributed by atoms with Gasteiger partial charge in [-0.05, 0) is 56.9 Å². The van der Waals surface area contributed by atoms with Crippen molar-refractivity contribution < 1.29 is 8.42 Å². The van der Waals surface area contributed by atoms with Gasteiger partial charge in [0.15, 0.2) is 14.9 Å². The molecule has 1 heterocycles. The highest BCUT2D eigenvalue weighted by Gasteiger charge is 2.33. The molecule has 0 radical (unpaired) electrons. The molecule has 2 rings (SSSR count). The Hall–Kier alpha value is -1.18. The topological polar surface area (TPSA) is 52.6 Å². The largest absolute Gasteiger partial charge is 0.344 e. The van der Waals surface area contributed by atoms with Gasteiger partial charge < -0.3 is 15.1 Å². The van der Waals surface area contributed by atoms with Crippen LogP contribution in [0, 0.1) is 0 Å². The van der Waals surface area contributed by atoms with Crippen LogP contribution in [0.3, 0.4) is 0 Å². The van der Waals surface area contributed by atoms with E-state index in [0.717, 1.165) is 18.7 Å². The summed E-state index contributed by atoms with van der Waals surface area (Å²) in [6.45, 7) is 3.66. The van der Waals surface area contributed by atoms with Crippen molar-refractivity contribution in [3.05, 3.63) is 29.8 Å². The zero-order valence-electron chi connectivity index (χ0n) is 14.7. The van der Waals surface area contributed by atoms with Crippen LogP contribution in [-0.2, 0) is 16.3 Å². The number of anilines is 1. The number of sulfone groups is 1. The Morgan fingerprint density at radius 2 is 1.92 bits per heavy atom. The van der Waals surface area contributed by atoms with Gasteiger partial charge in [0.1, 0.15) is 0 Å². The van der Waals surface area contributed by atoms with Crippen molar-refractivity contribution >= 4 is 32.9 Å². The van der Waals surface area contributed by atoms with E-state index in [2.05, 4.69) is 29.3 Å². The van der Waals surface area contributed by atoms with E-state index in [1.807, 2.05) is 31.1 Å². The maximum Gasteiger partial charge on any atom is 0.173 e. The molecule has 1 aliphatic heterocycles. The number of thiocarbonyl (C=S) groups is 1. The van der Waals surface area contributed by atoms with Gasteiger partial charge in [-0.2, -0.15) is 0 Å². The smallest absolute Gasteiger partial charge is 0.173 e. The van der Waals surface area contributed by atoms with Gasteiger partial charge in [-0.25, -0.2) is 8.42 Å². The first-order valence-electron chi connectivity index (χ1n) is 8.32. The third kappa shape index (κ3) is 5.43. The number of rotatable bonds is 6. The lowest BCUT2D eigenvalue weighted by atomic mass is 10.1. The van der Waals surface area contributed by atoms with Crippen molar-refractivity contribution in [1.82, 2.24) is 9.80 Å². The molecular weight excluding hydrogens is 342 g/mol. The van der Waals surface area contributed by atoms with Crippen molar-refractivity contribution in [3.8, 4) is 0 Å². The molecule has 1 aliphatic rings. The van der Waals surface area contributed by atoms with Crippen LogP contribution in [0.1, 0.15) is 18.9 Å². The molecule has 0 aromatic heterocycles. The van der Waals surface area contributed by atoms with Gasteiger partial charge in [-0.3, -0.25) is 0 Å². The summed E-state index contributed by atoms with van der Waals surface area (Å²) in [6.07, 6.45) is 1.64. The molecule has 1 aromatic carbocycles. The Kier molecular flexibility index (Phi) is 6.60. The molecule has 0 unspecified atom stereocenters. The molecule has 0 saturated carbocycles. The molecule has 1 fully saturated rings. The molecule has 7 heteroatoms. The predicted octanol–water partition coefficient (Wildman–Crippen LogP) is 2.00. The van der Waals surface area contributed by atoms with Gasteiger partial charge in [0.05, 0.1) is 11.5 Å². The number of aryl methyl sites for hydroxylation is 1. The number of nitrogens with one attached hydrogen (secondary N) is 1. The van der Waals surface area contributed by atoms with Gasteiger partial charge in [0.2, 0.25) is 0 Å². The number of nitrogens with zero attached hydrogens (tertiary/aromatic N) is 2. The average molecular weight is 370 g/mol. The SMILES string of the molecule is CCc1ccc(NC(=S)N(CCN(C)C)[C@H]2CCS(=O)(=O)C2)cc1. The first kappa shape index (κ1) is 19.1. The number of benzene rings is 1. The van der Waals surface area contributed by atoms with Crippen LogP contribution in [-0.4, -0.2) is 68.1 Å². The Morgan fingerprint density at radius 1 is 1.25 bits per heavy atom. The van der Waals surface area contributed by atoms with Crippen LogP contribution in [0.25, 0.3) is 0 Å². The summed E-state index contributed by atoms with van der Waals surface area (Å²) in [5.74, 6) is 0.445. The van der Waals surface area contributed by atoms with Gasteiger partial charge in [-0.15, -0.1) is 0 Å². The summed E-state index contributed by atoms with van der Waals surface area (Å²) >= 11 is 5.58. The van der Waals surface area contributed by atoms with E-state index in [9.17, 15) is 8.42 Å². The summed E-state index contributed by atoms with van der Waals surface area (Å²) in [7, 11) is 1.07. The summed E-state index contributed by atoms with van der Waals surface area (Å²) in [5, 5.41) is 3.87. The molecule has 134 valence electrons. The molecule has 1 atom stereocenters. The van der Waals surface area contributed by atoms with E-state index in [4.69, 9.17) is 12.2 Å². The fraction of sp³-hybridized carbons (Fsp3) is 0.588. The maximum atomic E-state index is 11.8. The van der Waals surface area contributed by atoms with E-state index in [-0.39, 0.29) is 17.5 Å². The van der Waals surface area contributed by atoms with Crippen molar-refractivity contribution in [2.24, 2.45) is 0 Å². The number of hydrogen-bond acceptors (Lipinski definition) is 4. The minimum atomic E-state index is -2.94. The van der Waals surface area contributed by atoms with Crippen LogP contribution in [0.4, 0.5) is 5.69 Å². The average Bonchev–Trinajstić information content (AvgIpc) is 2.88. The van der Waals surface area contributed by atoms with Crippen LogP contribution in [0.2, 0.25) is 0 Å². The lowest BCUT2D eigenvalue weighted by Crippen LogP contribution is -2.46. The minimum absolute atomic E-state index is 0.0372. The summed E-state index contributed by atoms with van der Waals surface area (Å²) in [6, 6.07) is 8.15. The Bertz CT molecular complexity index is 657. The monoisotopic (exact) mass is 369 g/mol. The van der Waals surface area contributed by atoms with E-state index in [1.165, 1.54) is 5.56 Å². The molecule has 5 nitrogen and oxygen atoms in total. The highest BCUT2D eigenvalue weighted by atomic mass is 32.2. The van der Waals surface area contributed by atoms with Gasteiger partial charge in [-0.1, -0.05) is 19.1 Å². The Labute approximate surface area is 150 Å². The molecule has 0 aliphatic carbocycles. The normalized spacial score (nSPS) is 19.4. The lowest BCUT2D eigenvalue weighted by Gasteiger charge is -2.32. The molecule has 0 spiro atoms. The zero-order valence-corrected chi connectivity index (χ0v) is 16.3. The van der Waals surface area contributed by atoms with Gasteiger partial charge in [0, 0.05) is 24.8 Å². The molecule has 24 heavy (non-hydrogen) atoms. The first-order chi connectivity index (χ1) is 11.3. The van der Waals surface area contributed by atoms with Crippen LogP contribution >= 0.6 is 12.2 Å². The van der Waals surface area contributed by atoms with Gasteiger partial charge in [0.25, 0.3) is 0 Å². The molecule has 1 aromatic rings. The molecule has 0 bridgehead atoms. The first-order valence-corrected chi connectivity index (χ1v) is 10.6. The third-order valence-corrected chi connectivity index (χ3v) is 6.40. The highest BCUT2D eigenvalue weighted by molar-refractivity contribution is 7.91. The van der Waals surface area contributed by atoms with E-state index < -0.39 is 9.84 Å². The second-order valence-corrected chi connectivity index (χ2v) is 9.15. The maximum absolute atomic E-state index is 11.8. The van der Waals surface area contributed by atoms with Crippen LogP contribution in [0.15, 0.2) is 24.3 Å². The quantitative estimate of drug-likeness (QED) is 0.774. The molecule has 1 saturated heterocycles. The van der Waals surface area contributed by atoms with E-state index in [1.54, 1.807) is 0 Å². The van der Waals surface area contributed by atoms with E-state index in [0.29, 0.717) is 18.1 Å². The van der Waals surface area contributed by atoms with E-state index >= 15 is 0 Å². The van der Waals surface area contributed by atoms with Crippen molar-refractivity contribution in [1.29, 1.82) is 0 Å². The Morgan fingerprint density at radius 3 is 2.42 bits per heavy atom. The summed E-state index contributed by atoms with van der Waals surface area (Å²) < 4.78 is 23.7. The molecule has 1 N–H and O–H groups in total. The van der Waals surface area contributed by atoms with Crippen molar-refractivity contribution in [2.75, 3.05) is 44.0 Å². The highest BCUT2D eigenvalue weighted by Crippen LogP contribution is 2.19. The summed E-state index contributed by atoms with van der Waals surface area (Å²) in [4.78, 5) is 4.11. The molecular formula is C17H27N3O2S2. The van der Waals surface area contributed by atoms with Crippen LogP contribution < -0.4 is 5.32 Å². The second-order valence-electron chi connectivity index (χ2n) is 6.53. The van der Waals surface area contributed by atoms with Crippen molar-refractivity contribution in [2.45, 2.75) is 25.8 Å². The number of hydrogen-bond donors (Lipinski definition) is 1. The Balaban J connectivity index is 2.08.